The van der Waals surface area contributed by atoms with Gasteiger partial charge in [0.05, 0.1) is 18.4 Å². The smallest absolute Gasteiger partial charge is 0.497 e. The molecule has 5 nitrogen and oxygen atoms in total. The molecule has 0 radical (unpaired) electrons. The Hall–Kier alpha value is -3.00. The number of amides is 2. The molecule has 0 spiro atoms. The van der Waals surface area contributed by atoms with Gasteiger partial charge in [-0.15, -0.1) is 13.2 Å². The van der Waals surface area contributed by atoms with Crippen LogP contribution in [0.3, 0.4) is 0 Å². The van der Waals surface area contributed by atoms with Crippen molar-refractivity contribution in [3.8, 4) is 11.5 Å². The lowest BCUT2D eigenvalue weighted by Crippen LogP contribution is -2.31. The van der Waals surface area contributed by atoms with Crippen LogP contribution in [0, 0.1) is 0 Å². The van der Waals surface area contributed by atoms with E-state index in [0.717, 1.165) is 29.2 Å². The van der Waals surface area contributed by atoms with Crippen molar-refractivity contribution >= 4 is 34.7 Å². The van der Waals surface area contributed by atoms with Crippen LogP contribution in [-0.4, -0.2) is 25.3 Å². The summed E-state index contributed by atoms with van der Waals surface area (Å²) in [6, 6.07) is 10.7. The molecule has 27 heavy (non-hydrogen) atoms. The number of ether oxygens (including phenoxy) is 2. The lowest BCUT2D eigenvalue weighted by molar-refractivity contribution is -0.274. The fourth-order valence-electron chi connectivity index (χ4n) is 2.54. The first-order valence-corrected chi connectivity index (χ1v) is 7.88. The maximum absolute atomic E-state index is 12.7. The summed E-state index contributed by atoms with van der Waals surface area (Å²) in [6.45, 7) is 0. The topological polar surface area (TPSA) is 55.8 Å². The Bertz CT molecular complexity index is 921. The highest BCUT2D eigenvalue weighted by atomic mass is 35.5. The van der Waals surface area contributed by atoms with Crippen LogP contribution in [0.25, 0.3) is 5.57 Å². The Kier molecular flexibility index (Phi) is 4.84. The van der Waals surface area contributed by atoms with Crippen molar-refractivity contribution in [3.05, 3.63) is 59.1 Å². The Balaban J connectivity index is 1.89. The van der Waals surface area contributed by atoms with Crippen LogP contribution in [0.5, 0.6) is 11.5 Å². The summed E-state index contributed by atoms with van der Waals surface area (Å²) in [5.41, 5.74) is 0.486. The maximum Gasteiger partial charge on any atom is 0.573 e. The Labute approximate surface area is 156 Å². The van der Waals surface area contributed by atoms with Gasteiger partial charge in [0.1, 0.15) is 16.5 Å². The van der Waals surface area contributed by atoms with Crippen molar-refractivity contribution in [2.75, 3.05) is 12.0 Å². The molecule has 1 heterocycles. The van der Waals surface area contributed by atoms with Gasteiger partial charge in [0.2, 0.25) is 0 Å². The summed E-state index contributed by atoms with van der Waals surface area (Å²) in [7, 11) is 1.49. The predicted molar refractivity (Wildman–Crippen MR) is 91.4 cm³/mol. The summed E-state index contributed by atoms with van der Waals surface area (Å²) >= 11 is 6.06. The minimum absolute atomic E-state index is 0.0000576. The normalized spacial score (nSPS) is 14.8. The molecular formula is C18H11ClF3NO4. The molecular weight excluding hydrogens is 387 g/mol. The highest BCUT2D eigenvalue weighted by Gasteiger charge is 2.39. The molecule has 2 amide bonds. The Morgan fingerprint density at radius 3 is 1.96 bits per heavy atom. The second kappa shape index (κ2) is 6.96. The Morgan fingerprint density at radius 2 is 1.44 bits per heavy atom. The van der Waals surface area contributed by atoms with Crippen LogP contribution in [0.15, 0.2) is 53.6 Å². The molecule has 0 bridgehead atoms. The van der Waals surface area contributed by atoms with Crippen LogP contribution in [0.2, 0.25) is 0 Å². The van der Waals surface area contributed by atoms with Crippen LogP contribution in [0.1, 0.15) is 5.56 Å². The largest absolute Gasteiger partial charge is 0.573 e. The lowest BCUT2D eigenvalue weighted by Gasteiger charge is -2.16. The van der Waals surface area contributed by atoms with E-state index >= 15 is 0 Å². The molecule has 0 saturated heterocycles. The van der Waals surface area contributed by atoms with Crippen molar-refractivity contribution in [2.24, 2.45) is 0 Å². The zero-order chi connectivity index (χ0) is 19.8. The average molecular weight is 398 g/mol. The highest BCUT2D eigenvalue weighted by molar-refractivity contribution is 6.60. The van der Waals surface area contributed by atoms with E-state index in [-0.39, 0.29) is 16.3 Å². The SMILES string of the molecule is COc1ccc(C2=C(Cl)C(=O)N(c3ccc(OC(F)(F)F)cc3)C2=O)cc1. The fourth-order valence-corrected chi connectivity index (χ4v) is 2.82. The van der Waals surface area contributed by atoms with Crippen LogP contribution >= 0.6 is 11.6 Å². The van der Waals surface area contributed by atoms with Crippen molar-refractivity contribution in [1.29, 1.82) is 0 Å². The number of hydrogen-bond donors (Lipinski definition) is 0. The number of imide groups is 1. The molecule has 0 aromatic heterocycles. The van der Waals surface area contributed by atoms with Crippen molar-refractivity contribution in [2.45, 2.75) is 6.36 Å². The van der Waals surface area contributed by atoms with Gasteiger partial charge in [-0.05, 0) is 42.0 Å². The van der Waals surface area contributed by atoms with Gasteiger partial charge in [0.25, 0.3) is 11.8 Å². The number of rotatable bonds is 4. The monoisotopic (exact) mass is 397 g/mol. The highest BCUT2D eigenvalue weighted by Crippen LogP contribution is 2.36. The number of hydrogen-bond acceptors (Lipinski definition) is 4. The quantitative estimate of drug-likeness (QED) is 0.728. The molecule has 9 heteroatoms. The number of benzene rings is 2. The number of carbonyl (C=O) groups is 2. The standard InChI is InChI=1S/C18H11ClF3NO4/c1-26-12-6-2-10(3-7-12)14-15(19)17(25)23(16(14)24)11-4-8-13(9-5-11)27-18(20,21)22/h2-9H,1H3. The van der Waals surface area contributed by atoms with Gasteiger partial charge in [0, 0.05) is 0 Å². The number of halogens is 4. The van der Waals surface area contributed by atoms with Gasteiger partial charge in [-0.1, -0.05) is 23.7 Å². The van der Waals surface area contributed by atoms with Crippen LogP contribution < -0.4 is 14.4 Å². The van der Waals surface area contributed by atoms with Gasteiger partial charge in [-0.2, -0.15) is 0 Å². The summed E-state index contributed by atoms with van der Waals surface area (Å²) in [5.74, 6) is -1.36. The van der Waals surface area contributed by atoms with Gasteiger partial charge >= 0.3 is 6.36 Å². The van der Waals surface area contributed by atoms with Gasteiger partial charge in [-0.3, -0.25) is 9.59 Å². The second-order valence-electron chi connectivity index (χ2n) is 5.40. The van der Waals surface area contributed by atoms with E-state index in [1.165, 1.54) is 7.11 Å². The molecule has 0 N–H and O–H groups in total. The molecule has 0 unspecified atom stereocenters. The molecule has 2 aromatic rings. The third-order valence-electron chi connectivity index (χ3n) is 3.73. The summed E-state index contributed by atoms with van der Waals surface area (Å²) in [5, 5.41) is -0.277. The van der Waals surface area contributed by atoms with Gasteiger partial charge in [-0.25, -0.2) is 4.90 Å². The molecule has 0 aliphatic carbocycles. The van der Waals surface area contributed by atoms with E-state index in [1.54, 1.807) is 24.3 Å². The zero-order valence-corrected chi connectivity index (χ0v) is 14.5. The summed E-state index contributed by atoms with van der Waals surface area (Å²) in [4.78, 5) is 25.9. The predicted octanol–water partition coefficient (Wildman–Crippen LogP) is 4.12. The number of carbonyl (C=O) groups excluding carboxylic acids is 2. The third-order valence-corrected chi connectivity index (χ3v) is 4.09. The molecule has 1 aliphatic heterocycles. The molecule has 3 rings (SSSR count). The van der Waals surface area contributed by atoms with Crippen molar-refractivity contribution < 1.29 is 32.2 Å². The average Bonchev–Trinajstić information content (AvgIpc) is 2.84. The number of alkyl halides is 3. The van der Waals surface area contributed by atoms with E-state index in [2.05, 4.69) is 4.74 Å². The number of methoxy groups -OCH3 is 1. The second-order valence-corrected chi connectivity index (χ2v) is 5.78. The fraction of sp³-hybridized carbons (Fsp3) is 0.111. The van der Waals surface area contributed by atoms with E-state index in [0.29, 0.717) is 11.3 Å². The summed E-state index contributed by atoms with van der Waals surface area (Å²) in [6.07, 6.45) is -4.84. The van der Waals surface area contributed by atoms with E-state index < -0.39 is 23.9 Å². The van der Waals surface area contributed by atoms with Gasteiger partial charge in [0.15, 0.2) is 0 Å². The zero-order valence-electron chi connectivity index (χ0n) is 13.7. The lowest BCUT2D eigenvalue weighted by atomic mass is 10.1. The maximum atomic E-state index is 12.7. The third kappa shape index (κ3) is 3.75. The molecule has 0 saturated carbocycles. The summed E-state index contributed by atoms with van der Waals surface area (Å²) < 4.78 is 45.5. The first kappa shape index (κ1) is 18.8. The minimum Gasteiger partial charge on any atom is -0.497 e. The van der Waals surface area contributed by atoms with E-state index in [4.69, 9.17) is 16.3 Å². The van der Waals surface area contributed by atoms with Crippen LogP contribution in [0.4, 0.5) is 18.9 Å². The van der Waals surface area contributed by atoms with E-state index in [9.17, 15) is 22.8 Å². The van der Waals surface area contributed by atoms with Crippen molar-refractivity contribution in [1.82, 2.24) is 0 Å². The minimum atomic E-state index is -4.84. The first-order chi connectivity index (χ1) is 12.7. The molecule has 0 fully saturated rings. The molecule has 1 aliphatic rings. The molecule has 140 valence electrons. The number of anilines is 1. The van der Waals surface area contributed by atoms with E-state index in [1.807, 2.05) is 0 Å². The molecule has 2 aromatic carbocycles. The van der Waals surface area contributed by atoms with Gasteiger partial charge < -0.3 is 9.47 Å². The molecule has 0 atom stereocenters. The number of nitrogens with zero attached hydrogens (tertiary/aromatic N) is 1. The first-order valence-electron chi connectivity index (χ1n) is 7.50. The van der Waals surface area contributed by atoms with Crippen LogP contribution in [-0.2, 0) is 9.59 Å². The van der Waals surface area contributed by atoms with Crippen molar-refractivity contribution in [3.63, 3.8) is 0 Å². The Morgan fingerprint density at radius 1 is 0.889 bits per heavy atom.